The number of amides is 2. The predicted octanol–water partition coefficient (Wildman–Crippen LogP) is 2.69. The minimum Gasteiger partial charge on any atom is -0.328 e. The van der Waals surface area contributed by atoms with Crippen molar-refractivity contribution >= 4 is 35.6 Å². The Bertz CT molecular complexity index is 561. The Hall–Kier alpha value is -1.59. The molecule has 2 atom stereocenters. The summed E-state index contributed by atoms with van der Waals surface area (Å²) in [6.07, 6.45) is 5.27. The number of carbonyl (C=O) groups is 2. The molecule has 0 aromatic heterocycles. The van der Waals surface area contributed by atoms with Gasteiger partial charge >= 0.3 is 0 Å². The van der Waals surface area contributed by atoms with E-state index in [1.807, 2.05) is 24.3 Å². The number of hydrogen-bond donors (Lipinski definition) is 2. The van der Waals surface area contributed by atoms with Crippen LogP contribution in [0.25, 0.3) is 0 Å². The lowest BCUT2D eigenvalue weighted by molar-refractivity contribution is -0.121. The second kappa shape index (κ2) is 7.79. The average Bonchev–Trinajstić information content (AvgIpc) is 2.94. The fourth-order valence-electron chi connectivity index (χ4n) is 3.36. The first kappa shape index (κ1) is 17.8. The van der Waals surface area contributed by atoms with Crippen molar-refractivity contribution in [2.45, 2.75) is 44.6 Å². The standard InChI is InChI=1S/C17H23N3O2.ClH/c18-13-4-1-3-12(11-13)17(22)19-14-6-8-15(9-7-14)20-10-2-5-16(20)21;/h6-9,12-13H,1-5,10-11,18H2,(H,19,22);1H. The van der Waals surface area contributed by atoms with E-state index in [0.717, 1.165) is 50.0 Å². The highest BCUT2D eigenvalue weighted by Crippen LogP contribution is 2.26. The molecule has 2 unspecified atom stereocenters. The van der Waals surface area contributed by atoms with E-state index in [2.05, 4.69) is 5.32 Å². The summed E-state index contributed by atoms with van der Waals surface area (Å²) >= 11 is 0. The van der Waals surface area contributed by atoms with E-state index in [1.165, 1.54) is 0 Å². The molecular formula is C17H24ClN3O2. The van der Waals surface area contributed by atoms with Gasteiger partial charge in [-0.1, -0.05) is 6.42 Å². The third kappa shape index (κ3) is 4.24. The fourth-order valence-corrected chi connectivity index (χ4v) is 3.36. The summed E-state index contributed by atoms with van der Waals surface area (Å²) in [5, 5.41) is 2.96. The molecule has 0 bridgehead atoms. The van der Waals surface area contributed by atoms with E-state index in [1.54, 1.807) is 4.90 Å². The molecular weight excluding hydrogens is 314 g/mol. The van der Waals surface area contributed by atoms with Crippen molar-refractivity contribution in [3.05, 3.63) is 24.3 Å². The molecule has 0 spiro atoms. The van der Waals surface area contributed by atoms with Gasteiger partial charge in [-0.3, -0.25) is 9.59 Å². The summed E-state index contributed by atoms with van der Waals surface area (Å²) in [4.78, 5) is 25.8. The van der Waals surface area contributed by atoms with Crippen LogP contribution < -0.4 is 16.0 Å². The maximum absolute atomic E-state index is 12.3. The van der Waals surface area contributed by atoms with Crippen molar-refractivity contribution in [2.24, 2.45) is 11.7 Å². The van der Waals surface area contributed by atoms with Crippen molar-refractivity contribution in [1.29, 1.82) is 0 Å². The first-order chi connectivity index (χ1) is 10.6. The molecule has 1 saturated heterocycles. The first-order valence-electron chi connectivity index (χ1n) is 8.10. The average molecular weight is 338 g/mol. The highest BCUT2D eigenvalue weighted by atomic mass is 35.5. The highest BCUT2D eigenvalue weighted by Gasteiger charge is 2.25. The van der Waals surface area contributed by atoms with Crippen LogP contribution in [0.3, 0.4) is 0 Å². The van der Waals surface area contributed by atoms with Gasteiger partial charge in [-0.05, 0) is 49.9 Å². The lowest BCUT2D eigenvalue weighted by atomic mass is 9.85. The SMILES string of the molecule is Cl.NC1CCCC(C(=O)Nc2ccc(N3CCCC3=O)cc2)C1. The van der Waals surface area contributed by atoms with Crippen molar-refractivity contribution in [1.82, 2.24) is 0 Å². The van der Waals surface area contributed by atoms with E-state index in [0.29, 0.717) is 6.42 Å². The number of anilines is 2. The van der Waals surface area contributed by atoms with Gasteiger partial charge in [0.1, 0.15) is 0 Å². The Balaban J connectivity index is 0.00000192. The molecule has 1 saturated carbocycles. The Morgan fingerprint density at radius 2 is 1.91 bits per heavy atom. The quantitative estimate of drug-likeness (QED) is 0.890. The van der Waals surface area contributed by atoms with Crippen molar-refractivity contribution in [2.75, 3.05) is 16.8 Å². The molecule has 2 aliphatic rings. The van der Waals surface area contributed by atoms with Crippen LogP contribution in [-0.4, -0.2) is 24.4 Å². The van der Waals surface area contributed by atoms with Crippen LogP contribution >= 0.6 is 12.4 Å². The van der Waals surface area contributed by atoms with Gasteiger partial charge in [0.05, 0.1) is 0 Å². The number of nitrogens with zero attached hydrogens (tertiary/aromatic N) is 1. The molecule has 2 amide bonds. The molecule has 0 radical (unpaired) electrons. The smallest absolute Gasteiger partial charge is 0.227 e. The van der Waals surface area contributed by atoms with E-state index in [9.17, 15) is 9.59 Å². The van der Waals surface area contributed by atoms with Gasteiger partial charge in [0.15, 0.2) is 0 Å². The molecule has 1 aliphatic heterocycles. The second-order valence-corrected chi connectivity index (χ2v) is 6.31. The Morgan fingerprint density at radius 1 is 1.17 bits per heavy atom. The third-order valence-corrected chi connectivity index (χ3v) is 4.61. The highest BCUT2D eigenvalue weighted by molar-refractivity contribution is 5.96. The fraction of sp³-hybridized carbons (Fsp3) is 0.529. The number of halogens is 1. The third-order valence-electron chi connectivity index (χ3n) is 4.61. The minimum absolute atomic E-state index is 0. The summed E-state index contributed by atoms with van der Waals surface area (Å²) in [6, 6.07) is 7.66. The molecule has 6 heteroatoms. The monoisotopic (exact) mass is 337 g/mol. The summed E-state index contributed by atoms with van der Waals surface area (Å²) in [7, 11) is 0. The van der Waals surface area contributed by atoms with Gasteiger partial charge in [-0.15, -0.1) is 12.4 Å². The lowest BCUT2D eigenvalue weighted by Crippen LogP contribution is -2.34. The molecule has 2 fully saturated rings. The molecule has 23 heavy (non-hydrogen) atoms. The van der Waals surface area contributed by atoms with E-state index in [4.69, 9.17) is 5.73 Å². The van der Waals surface area contributed by atoms with E-state index in [-0.39, 0.29) is 36.2 Å². The zero-order valence-electron chi connectivity index (χ0n) is 13.2. The van der Waals surface area contributed by atoms with Crippen LogP contribution in [0.1, 0.15) is 38.5 Å². The molecule has 3 N–H and O–H groups in total. The second-order valence-electron chi connectivity index (χ2n) is 6.31. The summed E-state index contributed by atoms with van der Waals surface area (Å²) in [6.45, 7) is 0.782. The van der Waals surface area contributed by atoms with E-state index < -0.39 is 0 Å². The Labute approximate surface area is 143 Å². The van der Waals surface area contributed by atoms with Crippen molar-refractivity contribution in [3.8, 4) is 0 Å². The molecule has 3 rings (SSSR count). The number of rotatable bonds is 3. The summed E-state index contributed by atoms with van der Waals surface area (Å²) in [5.74, 6) is 0.247. The maximum atomic E-state index is 12.3. The number of nitrogens with two attached hydrogens (primary N) is 1. The Morgan fingerprint density at radius 3 is 2.52 bits per heavy atom. The molecule has 1 aromatic carbocycles. The first-order valence-corrected chi connectivity index (χ1v) is 8.10. The summed E-state index contributed by atoms with van der Waals surface area (Å²) < 4.78 is 0. The van der Waals surface area contributed by atoms with Crippen LogP contribution in [0.4, 0.5) is 11.4 Å². The van der Waals surface area contributed by atoms with Crippen molar-refractivity contribution in [3.63, 3.8) is 0 Å². The van der Waals surface area contributed by atoms with Crippen molar-refractivity contribution < 1.29 is 9.59 Å². The largest absolute Gasteiger partial charge is 0.328 e. The summed E-state index contributed by atoms with van der Waals surface area (Å²) in [5.41, 5.74) is 7.62. The maximum Gasteiger partial charge on any atom is 0.227 e. The van der Waals surface area contributed by atoms with Crippen LogP contribution in [0, 0.1) is 5.92 Å². The molecule has 1 heterocycles. The zero-order chi connectivity index (χ0) is 15.5. The molecule has 5 nitrogen and oxygen atoms in total. The Kier molecular flexibility index (Phi) is 6.02. The van der Waals surface area contributed by atoms with Gasteiger partial charge in [0.2, 0.25) is 11.8 Å². The molecule has 1 aromatic rings. The number of carbonyl (C=O) groups excluding carboxylic acids is 2. The van der Waals surface area contributed by atoms with Gasteiger partial charge in [0.25, 0.3) is 0 Å². The van der Waals surface area contributed by atoms with Gasteiger partial charge < -0.3 is 16.0 Å². The van der Waals surface area contributed by atoms with Gasteiger partial charge in [-0.25, -0.2) is 0 Å². The normalized spacial score (nSPS) is 24.2. The lowest BCUT2D eigenvalue weighted by Gasteiger charge is -2.25. The van der Waals surface area contributed by atoms with Crippen LogP contribution in [0.15, 0.2) is 24.3 Å². The number of hydrogen-bond acceptors (Lipinski definition) is 3. The van der Waals surface area contributed by atoms with Gasteiger partial charge in [-0.2, -0.15) is 0 Å². The minimum atomic E-state index is 0. The van der Waals surface area contributed by atoms with Crippen LogP contribution in [0.5, 0.6) is 0 Å². The molecule has 126 valence electrons. The van der Waals surface area contributed by atoms with E-state index >= 15 is 0 Å². The predicted molar refractivity (Wildman–Crippen MR) is 93.8 cm³/mol. The number of nitrogens with one attached hydrogen (secondary N) is 1. The van der Waals surface area contributed by atoms with Gasteiger partial charge in [0, 0.05) is 36.3 Å². The number of benzene rings is 1. The topological polar surface area (TPSA) is 75.4 Å². The zero-order valence-corrected chi connectivity index (χ0v) is 14.0. The van der Waals surface area contributed by atoms with Crippen LogP contribution in [-0.2, 0) is 9.59 Å². The van der Waals surface area contributed by atoms with Crippen LogP contribution in [0.2, 0.25) is 0 Å². The molecule has 1 aliphatic carbocycles.